The lowest BCUT2D eigenvalue weighted by Crippen LogP contribution is -1.80. The molecule has 0 atom stereocenters. The summed E-state index contributed by atoms with van der Waals surface area (Å²) in [6.07, 6.45) is 0.795. The van der Waals surface area contributed by atoms with E-state index in [0.29, 0.717) is 22.6 Å². The summed E-state index contributed by atoms with van der Waals surface area (Å²) in [6, 6.07) is 17.0. The normalized spacial score (nSPS) is 10.2. The molecular formula is C20H16F2N4O2S2. The summed E-state index contributed by atoms with van der Waals surface area (Å²) in [5, 5.41) is 7.93. The minimum absolute atomic E-state index is 0.274. The van der Waals surface area contributed by atoms with Crippen molar-refractivity contribution in [2.24, 2.45) is 0 Å². The summed E-state index contributed by atoms with van der Waals surface area (Å²) in [7, 11) is 0. The second-order valence-corrected chi connectivity index (χ2v) is 7.25. The third-order valence-electron chi connectivity index (χ3n) is 3.55. The van der Waals surface area contributed by atoms with Crippen molar-refractivity contribution in [1.29, 1.82) is 0 Å². The number of thioether (sulfide) groups is 1. The van der Waals surface area contributed by atoms with Crippen molar-refractivity contribution in [2.75, 3.05) is 5.75 Å². The van der Waals surface area contributed by atoms with E-state index in [-0.39, 0.29) is 6.42 Å². The van der Waals surface area contributed by atoms with Gasteiger partial charge in [0.15, 0.2) is 0 Å². The topological polar surface area (TPSA) is 77.8 Å². The van der Waals surface area contributed by atoms with Gasteiger partial charge in [-0.2, -0.15) is 18.7 Å². The van der Waals surface area contributed by atoms with Gasteiger partial charge >= 0.3 is 0 Å². The zero-order chi connectivity index (χ0) is 21.2. The molecule has 0 amide bonds. The summed E-state index contributed by atoms with van der Waals surface area (Å²) in [5.74, 6) is 1.57. The van der Waals surface area contributed by atoms with Crippen LogP contribution in [0.25, 0.3) is 22.8 Å². The highest BCUT2D eigenvalue weighted by molar-refractivity contribution is 7.99. The molecular weight excluding hydrogens is 430 g/mol. The second-order valence-electron chi connectivity index (χ2n) is 5.69. The molecule has 0 N–H and O–H groups in total. The first-order chi connectivity index (χ1) is 14.6. The Balaban J connectivity index is 0.000000184. The molecule has 10 heteroatoms. The SMILES string of the molecule is FC(F)=CCCSc1nc(-c2ccccc2)no1.Sc1cccc(-c2ncon2)c1. The highest BCUT2D eigenvalue weighted by Gasteiger charge is 2.08. The molecule has 0 aliphatic carbocycles. The van der Waals surface area contributed by atoms with Crippen LogP contribution < -0.4 is 0 Å². The van der Waals surface area contributed by atoms with E-state index in [1.54, 1.807) is 0 Å². The quantitative estimate of drug-likeness (QED) is 0.220. The predicted molar refractivity (Wildman–Crippen MR) is 112 cm³/mol. The smallest absolute Gasteiger partial charge is 0.286 e. The lowest BCUT2D eigenvalue weighted by atomic mass is 10.2. The van der Waals surface area contributed by atoms with Gasteiger partial charge in [0.25, 0.3) is 11.3 Å². The Bertz CT molecular complexity index is 1070. The van der Waals surface area contributed by atoms with Crippen LogP contribution in [-0.2, 0) is 0 Å². The molecule has 4 aromatic rings. The Labute approximate surface area is 180 Å². The fourth-order valence-corrected chi connectivity index (χ4v) is 3.11. The van der Waals surface area contributed by atoms with Gasteiger partial charge in [-0.05, 0) is 24.6 Å². The average molecular weight is 447 g/mol. The molecule has 0 unspecified atom stereocenters. The van der Waals surface area contributed by atoms with Crippen LogP contribution in [0, 0.1) is 0 Å². The van der Waals surface area contributed by atoms with Gasteiger partial charge in [0.1, 0.15) is 0 Å². The van der Waals surface area contributed by atoms with Crippen LogP contribution in [-0.4, -0.2) is 26.0 Å². The molecule has 4 rings (SSSR count). The molecule has 0 radical (unpaired) electrons. The van der Waals surface area contributed by atoms with E-state index in [1.165, 1.54) is 18.2 Å². The summed E-state index contributed by atoms with van der Waals surface area (Å²) in [4.78, 5) is 8.98. The van der Waals surface area contributed by atoms with E-state index in [1.807, 2.05) is 54.6 Å². The van der Waals surface area contributed by atoms with Crippen LogP contribution in [0.15, 0.2) is 92.3 Å². The summed E-state index contributed by atoms with van der Waals surface area (Å²) in [6.45, 7) is 0. The number of hydrogen-bond acceptors (Lipinski definition) is 8. The molecule has 0 aliphatic heterocycles. The minimum atomic E-state index is -1.66. The Morgan fingerprint density at radius 2 is 1.80 bits per heavy atom. The van der Waals surface area contributed by atoms with E-state index in [9.17, 15) is 8.78 Å². The number of hydrogen-bond donors (Lipinski definition) is 1. The number of allylic oxidation sites excluding steroid dienone is 1. The van der Waals surface area contributed by atoms with E-state index in [2.05, 4.69) is 37.4 Å². The molecule has 2 heterocycles. The molecule has 2 aromatic carbocycles. The highest BCUT2D eigenvalue weighted by atomic mass is 32.2. The van der Waals surface area contributed by atoms with Gasteiger partial charge in [-0.25, -0.2) is 0 Å². The molecule has 0 spiro atoms. The van der Waals surface area contributed by atoms with Crippen LogP contribution >= 0.6 is 24.4 Å². The molecule has 0 saturated carbocycles. The molecule has 6 nitrogen and oxygen atoms in total. The first-order valence-corrected chi connectivity index (χ1v) is 10.1. The summed E-state index contributed by atoms with van der Waals surface area (Å²) in [5.41, 5.74) is 1.78. The van der Waals surface area contributed by atoms with Gasteiger partial charge in [0, 0.05) is 21.8 Å². The third kappa shape index (κ3) is 6.82. The molecule has 0 aliphatic rings. The van der Waals surface area contributed by atoms with Crippen molar-refractivity contribution in [3.05, 3.63) is 73.1 Å². The second kappa shape index (κ2) is 11.3. The van der Waals surface area contributed by atoms with Gasteiger partial charge in [-0.15, -0.1) is 12.6 Å². The number of rotatable bonds is 6. The monoisotopic (exact) mass is 446 g/mol. The number of halogens is 2. The number of aromatic nitrogens is 4. The maximum absolute atomic E-state index is 11.8. The van der Waals surface area contributed by atoms with Crippen LogP contribution in [0.3, 0.4) is 0 Å². The zero-order valence-corrected chi connectivity index (χ0v) is 17.2. The first kappa shape index (κ1) is 21.7. The molecule has 30 heavy (non-hydrogen) atoms. The van der Waals surface area contributed by atoms with E-state index < -0.39 is 6.08 Å². The predicted octanol–water partition coefficient (Wildman–Crippen LogP) is 6.02. The standard InChI is InChI=1S/C12H10F2N2OS.C8H6N2OS/c13-10(14)7-4-8-18-12-15-11(16-17-12)9-5-2-1-3-6-9;12-7-3-1-2-6(4-7)8-9-5-11-10-8/h1-3,5-7H,4,8H2;1-5,12H. The fourth-order valence-electron chi connectivity index (χ4n) is 2.23. The van der Waals surface area contributed by atoms with Crippen molar-refractivity contribution >= 4 is 24.4 Å². The zero-order valence-electron chi connectivity index (χ0n) is 15.5. The molecule has 0 fully saturated rings. The van der Waals surface area contributed by atoms with Gasteiger partial charge in [0.05, 0.1) is 0 Å². The lowest BCUT2D eigenvalue weighted by molar-refractivity contribution is 0.341. The number of thiol groups is 1. The Morgan fingerprint density at radius 1 is 1.00 bits per heavy atom. The van der Waals surface area contributed by atoms with Gasteiger partial charge in [-0.3, -0.25) is 0 Å². The fraction of sp³-hybridized carbons (Fsp3) is 0.100. The van der Waals surface area contributed by atoms with Gasteiger partial charge in [-0.1, -0.05) is 64.5 Å². The first-order valence-electron chi connectivity index (χ1n) is 8.70. The number of benzene rings is 2. The van der Waals surface area contributed by atoms with Crippen LogP contribution in [0.1, 0.15) is 6.42 Å². The Morgan fingerprint density at radius 3 is 2.50 bits per heavy atom. The van der Waals surface area contributed by atoms with Crippen molar-refractivity contribution in [1.82, 2.24) is 20.3 Å². The highest BCUT2D eigenvalue weighted by Crippen LogP contribution is 2.22. The summed E-state index contributed by atoms with van der Waals surface area (Å²) >= 11 is 5.46. The van der Waals surface area contributed by atoms with Gasteiger partial charge in [0.2, 0.25) is 18.0 Å². The Hall–Kier alpha value is -2.98. The van der Waals surface area contributed by atoms with Crippen LogP contribution in [0.2, 0.25) is 0 Å². The maximum Gasteiger partial charge on any atom is 0.286 e. The largest absolute Gasteiger partial charge is 0.342 e. The van der Waals surface area contributed by atoms with Crippen molar-refractivity contribution in [3.63, 3.8) is 0 Å². The van der Waals surface area contributed by atoms with E-state index in [0.717, 1.165) is 22.1 Å². The van der Waals surface area contributed by atoms with E-state index in [4.69, 9.17) is 4.52 Å². The molecule has 154 valence electrons. The van der Waals surface area contributed by atoms with Crippen LogP contribution in [0.4, 0.5) is 8.78 Å². The van der Waals surface area contributed by atoms with Crippen molar-refractivity contribution in [3.8, 4) is 22.8 Å². The van der Waals surface area contributed by atoms with E-state index >= 15 is 0 Å². The molecule has 2 aromatic heterocycles. The number of nitrogens with zero attached hydrogens (tertiary/aromatic N) is 4. The average Bonchev–Trinajstić information content (AvgIpc) is 3.45. The molecule has 0 saturated heterocycles. The Kier molecular flexibility index (Phi) is 8.16. The lowest BCUT2D eigenvalue weighted by Gasteiger charge is -1.93. The minimum Gasteiger partial charge on any atom is -0.342 e. The third-order valence-corrected chi connectivity index (χ3v) is 4.68. The maximum atomic E-state index is 11.8. The summed E-state index contributed by atoms with van der Waals surface area (Å²) < 4.78 is 33.2. The van der Waals surface area contributed by atoms with Crippen molar-refractivity contribution < 1.29 is 17.8 Å². The molecule has 0 bridgehead atoms. The van der Waals surface area contributed by atoms with Crippen LogP contribution in [0.5, 0.6) is 0 Å². The van der Waals surface area contributed by atoms with Gasteiger partial charge < -0.3 is 9.05 Å². The van der Waals surface area contributed by atoms with Crippen molar-refractivity contribution in [2.45, 2.75) is 16.5 Å².